The summed E-state index contributed by atoms with van der Waals surface area (Å²) in [5.41, 5.74) is 12.1. The van der Waals surface area contributed by atoms with Crippen molar-refractivity contribution in [1.82, 2.24) is 9.80 Å². The van der Waals surface area contributed by atoms with E-state index in [-0.39, 0.29) is 132 Å². The molecular weight excluding hydrogens is 1950 g/mol. The summed E-state index contributed by atoms with van der Waals surface area (Å²) >= 11 is 18.6. The Kier molecular flexibility index (Phi) is 39.3. The van der Waals surface area contributed by atoms with Crippen molar-refractivity contribution in [1.29, 1.82) is 21.0 Å². The number of nitriles is 4. The maximum atomic E-state index is 13.7. The highest BCUT2D eigenvalue weighted by Gasteiger charge is 2.39. The van der Waals surface area contributed by atoms with E-state index in [1.165, 1.54) is 65.3 Å². The van der Waals surface area contributed by atoms with E-state index < -0.39 is 17.0 Å². The average molecular weight is 2080 g/mol. The number of rotatable bonds is 15. The van der Waals surface area contributed by atoms with E-state index >= 15 is 0 Å². The first-order valence-corrected chi connectivity index (χ1v) is 50.4. The molecule has 8 aliphatic heterocycles. The summed E-state index contributed by atoms with van der Waals surface area (Å²) in [6.45, 7) is 27.7. The molecule has 782 valence electrons. The molecule has 0 aliphatic carbocycles. The fourth-order valence-corrected chi connectivity index (χ4v) is 19.4. The summed E-state index contributed by atoms with van der Waals surface area (Å²) in [6, 6.07) is 42.1. The number of piperazine rings is 2. The van der Waals surface area contributed by atoms with Gasteiger partial charge in [0.05, 0.1) is 133 Å². The molecule has 8 aliphatic rings. The van der Waals surface area contributed by atoms with Gasteiger partial charge < -0.3 is 67.7 Å². The van der Waals surface area contributed by atoms with Crippen LogP contribution in [0.2, 0.25) is 15.1 Å². The van der Waals surface area contributed by atoms with Gasteiger partial charge in [-0.3, -0.25) is 48.4 Å². The zero-order chi connectivity index (χ0) is 107. The first kappa shape index (κ1) is 113. The van der Waals surface area contributed by atoms with Gasteiger partial charge in [-0.2, -0.15) is 21.0 Å². The number of methoxy groups -OCH3 is 5. The Hall–Kier alpha value is -13.9. The highest BCUT2D eigenvalue weighted by atomic mass is 35.5. The van der Waals surface area contributed by atoms with Gasteiger partial charge in [0.15, 0.2) is 11.6 Å². The molecule has 30 nitrogen and oxygen atoms in total. The minimum atomic E-state index is -0.534. The van der Waals surface area contributed by atoms with Crippen LogP contribution in [0.25, 0.3) is 0 Å². The molecule has 8 aromatic carbocycles. The zero-order valence-corrected chi connectivity index (χ0v) is 88.8. The minimum Gasteiger partial charge on any atom is -0.506 e. The molecule has 8 heterocycles. The third-order valence-corrected chi connectivity index (χ3v) is 27.7. The fraction of sp³-hybridized carbons (Fsp3) is 0.459. The number of hydrogen-bond donors (Lipinski definition) is 1. The van der Waals surface area contributed by atoms with Crippen molar-refractivity contribution in [3.63, 3.8) is 0 Å². The molecule has 0 spiro atoms. The fourth-order valence-electron chi connectivity index (χ4n) is 18.6. The van der Waals surface area contributed by atoms with Crippen LogP contribution in [0.4, 0.5) is 68.3 Å². The topological polar surface area (TPSA) is 349 Å². The van der Waals surface area contributed by atoms with Crippen molar-refractivity contribution in [3.8, 4) is 58.8 Å². The van der Waals surface area contributed by atoms with Gasteiger partial charge in [-0.05, 0) is 224 Å². The predicted octanol–water partition coefficient (Wildman–Crippen LogP) is 20.3. The molecule has 0 bridgehead atoms. The van der Waals surface area contributed by atoms with Crippen LogP contribution in [-0.2, 0) is 89.9 Å². The smallest absolute Gasteiger partial charge is 0.410 e. The van der Waals surface area contributed by atoms with Gasteiger partial charge in [-0.1, -0.05) is 101 Å². The Balaban J connectivity index is 0.000000169. The van der Waals surface area contributed by atoms with Crippen molar-refractivity contribution in [2.45, 2.75) is 184 Å². The number of carbonyl (C=O) groups is 8. The Bertz CT molecular complexity index is 6100. The monoisotopic (exact) mass is 2080 g/mol. The van der Waals surface area contributed by atoms with Crippen LogP contribution in [-0.4, -0.2) is 188 Å². The van der Waals surface area contributed by atoms with Gasteiger partial charge in [0.25, 0.3) is 0 Å². The van der Waals surface area contributed by atoms with Crippen molar-refractivity contribution in [3.05, 3.63) is 198 Å². The number of fused-ring (bicyclic) bond motifs is 6. The molecule has 36 heteroatoms. The van der Waals surface area contributed by atoms with E-state index in [4.69, 9.17) is 83.7 Å². The van der Waals surface area contributed by atoms with Crippen LogP contribution in [0.15, 0.2) is 121 Å². The first-order valence-electron chi connectivity index (χ1n) is 49.2. The Morgan fingerprint density at radius 3 is 0.898 bits per heavy atom. The SMILES string of the molecule is CC1CCc2cc(N3CCN(C(=O)OC(C)(C)C)CC3)c(O)cc2N(CC#N)C1=O.COc1cc2c(cc1Cl)CCC(C)C(=O)N2CC#N.COc1cc2c(cc1Cl)CCC(C)C(=O)N2Cc1cccc(F)c1.COc1cc2c(cc1Cl)CCC(C)C(=O)N2Cc1cccc(F)c1.COc1cc2c(cc1F)CCC(C)C(=O)N2CC#N.COc1cc2c(cc1N1CCN(C(=O)OC(C)(C)C)CC1)CCC(C)C(=O)N2CC#N. The van der Waals surface area contributed by atoms with Crippen molar-refractivity contribution in [2.24, 2.45) is 35.5 Å². The molecule has 2 saturated heterocycles. The van der Waals surface area contributed by atoms with Crippen LogP contribution in [0, 0.1) is 98.3 Å². The van der Waals surface area contributed by atoms with Crippen molar-refractivity contribution in [2.75, 3.05) is 153 Å². The summed E-state index contributed by atoms with van der Waals surface area (Å²) in [5, 5.41) is 48.5. The number of amides is 8. The van der Waals surface area contributed by atoms with E-state index in [0.717, 1.165) is 124 Å². The molecule has 6 unspecified atom stereocenters. The van der Waals surface area contributed by atoms with Crippen LogP contribution in [0.1, 0.15) is 166 Å². The summed E-state index contributed by atoms with van der Waals surface area (Å²) in [7, 11) is 7.61. The zero-order valence-electron chi connectivity index (χ0n) is 86.5. The van der Waals surface area contributed by atoms with E-state index in [9.17, 15) is 61.9 Å². The van der Waals surface area contributed by atoms with E-state index in [0.29, 0.717) is 146 Å². The van der Waals surface area contributed by atoms with Gasteiger partial charge >= 0.3 is 12.2 Å². The van der Waals surface area contributed by atoms with Crippen LogP contribution >= 0.6 is 34.8 Å². The number of carbonyl (C=O) groups excluding carboxylic acids is 8. The molecule has 2 fully saturated rings. The summed E-state index contributed by atoms with van der Waals surface area (Å²) < 4.78 is 78.1. The maximum absolute atomic E-state index is 13.7. The van der Waals surface area contributed by atoms with E-state index in [2.05, 4.69) is 17.0 Å². The summed E-state index contributed by atoms with van der Waals surface area (Å²) in [5.74, 6) is 0.387. The second kappa shape index (κ2) is 51.0. The molecule has 8 aromatic rings. The molecule has 6 atom stereocenters. The summed E-state index contributed by atoms with van der Waals surface area (Å²) in [4.78, 5) is 117. The lowest BCUT2D eigenvalue weighted by atomic mass is 10.0. The number of benzene rings is 8. The van der Waals surface area contributed by atoms with Crippen LogP contribution in [0.3, 0.4) is 0 Å². The predicted molar refractivity (Wildman–Crippen MR) is 560 cm³/mol. The number of phenolic OH excluding ortho intramolecular Hbond substituents is 1. The minimum absolute atomic E-state index is 0.0211. The first-order chi connectivity index (χ1) is 69.9. The lowest BCUT2D eigenvalue weighted by molar-refractivity contribution is -0.122. The molecule has 16 rings (SSSR count). The third kappa shape index (κ3) is 28.5. The number of nitrogens with zero attached hydrogens (tertiary/aromatic N) is 14. The Morgan fingerprint density at radius 2 is 0.605 bits per heavy atom. The quantitative estimate of drug-likeness (QED) is 0.0932. The maximum Gasteiger partial charge on any atom is 0.410 e. The van der Waals surface area contributed by atoms with Crippen LogP contribution in [0.5, 0.6) is 34.5 Å². The molecule has 0 saturated carbocycles. The van der Waals surface area contributed by atoms with Gasteiger partial charge in [0, 0.05) is 124 Å². The van der Waals surface area contributed by atoms with Crippen LogP contribution < -0.4 is 62.9 Å². The molecule has 8 amide bonds. The Morgan fingerprint density at radius 1 is 0.347 bits per heavy atom. The van der Waals surface area contributed by atoms with E-state index in [1.54, 1.807) is 82.2 Å². The van der Waals surface area contributed by atoms with Gasteiger partial charge in [0.1, 0.15) is 77.8 Å². The standard InChI is InChI=1S/C23H32N4O4.C22H30N4O4.2C19H19ClFNO2.C14H15ClN2O2.C14H15FN2O2/c1-16-6-7-17-14-19(20(30-5)15-18(17)27(9-8-24)21(16)28)25-10-12-26(13-11-25)22(29)31-23(2,3)4;1-15-5-6-16-13-18(19(27)14-17(16)26(8-7-23)20(15)28)24-9-11-25(12-10-24)21(29)30-22(2,3)4;2*1-12-6-7-14-9-16(20)18(24-2)10-17(14)22(19(12)23)11-13-4-3-5-15(21)8-13;2*1-9-3-4-10-7-11(15)13(19-2)8-12(10)17(6-5-16)14(9)18/h14-16H,6-7,9-13H2,1-5H3;13-15,27H,5-6,8-12H2,1-4H3;2*3-5,8-10,12H,6-7,11H2,1-2H3;2*7-9H,3-4,6H2,1-2H3. The van der Waals surface area contributed by atoms with Crippen molar-refractivity contribution >= 4 is 128 Å². The van der Waals surface area contributed by atoms with E-state index in [1.807, 2.05) is 149 Å². The number of hydrogen-bond acceptors (Lipinski definition) is 22. The second-order valence-electron chi connectivity index (χ2n) is 39.6. The number of phenols is 1. The number of halogens is 6. The number of ether oxygens (including phenoxy) is 7. The number of aryl methyl sites for hydroxylation is 6. The highest BCUT2D eigenvalue weighted by molar-refractivity contribution is 6.33. The molecule has 0 radical (unpaired) electrons. The number of aromatic hydroxyl groups is 1. The highest BCUT2D eigenvalue weighted by Crippen LogP contribution is 2.46. The largest absolute Gasteiger partial charge is 0.506 e. The van der Waals surface area contributed by atoms with Crippen molar-refractivity contribution < 1.29 is 89.8 Å². The molecule has 1 N–H and O–H groups in total. The average Bonchev–Trinajstić information content (AvgIpc) is 1.77. The van der Waals surface area contributed by atoms with Gasteiger partial charge in [-0.25, -0.2) is 22.8 Å². The van der Waals surface area contributed by atoms with Gasteiger partial charge in [0.2, 0.25) is 35.4 Å². The number of anilines is 8. The normalized spacial score (nSPS) is 18.6. The third-order valence-electron chi connectivity index (χ3n) is 26.8. The Labute approximate surface area is 873 Å². The molecule has 0 aromatic heterocycles. The lowest BCUT2D eigenvalue weighted by Gasteiger charge is -2.37. The second-order valence-corrected chi connectivity index (χ2v) is 40.8. The molecule has 147 heavy (non-hydrogen) atoms. The summed E-state index contributed by atoms with van der Waals surface area (Å²) in [6.07, 6.45) is 8.15. The molecular formula is C111H130Cl3F3N14O16. The lowest BCUT2D eigenvalue weighted by Crippen LogP contribution is -2.50. The van der Waals surface area contributed by atoms with Gasteiger partial charge in [-0.15, -0.1) is 0 Å².